The maximum Gasteiger partial charge on any atom is 0.340 e. The van der Waals surface area contributed by atoms with Crippen molar-refractivity contribution in [3.8, 4) is 0 Å². The minimum atomic E-state index is -0.479. The van der Waals surface area contributed by atoms with Gasteiger partial charge in [-0.3, -0.25) is 0 Å². The number of nitrogen functional groups attached to an aromatic ring is 1. The molecular formula is C19H20N6O2. The first-order valence-corrected chi connectivity index (χ1v) is 8.34. The normalized spacial score (nSPS) is 10.3. The maximum absolute atomic E-state index is 12.3. The van der Waals surface area contributed by atoms with E-state index in [4.69, 9.17) is 10.5 Å². The average molecular weight is 364 g/mol. The lowest BCUT2D eigenvalue weighted by Crippen LogP contribution is -2.12. The Hall–Kier alpha value is -3.68. The van der Waals surface area contributed by atoms with E-state index in [1.807, 2.05) is 37.3 Å². The van der Waals surface area contributed by atoms with Gasteiger partial charge in [0.1, 0.15) is 0 Å². The zero-order chi connectivity index (χ0) is 19.2. The van der Waals surface area contributed by atoms with E-state index in [-0.39, 0.29) is 18.4 Å². The van der Waals surface area contributed by atoms with Gasteiger partial charge in [0, 0.05) is 18.4 Å². The first-order valence-electron chi connectivity index (χ1n) is 8.34. The third-order valence-corrected chi connectivity index (χ3v) is 3.84. The molecule has 4 N–H and O–H groups in total. The predicted octanol–water partition coefficient (Wildman–Crippen LogP) is 2.90. The number of ether oxygens (including phenoxy) is 1. The molecule has 0 amide bonds. The third kappa shape index (κ3) is 4.49. The highest BCUT2D eigenvalue weighted by atomic mass is 16.5. The van der Waals surface area contributed by atoms with Crippen LogP contribution in [-0.4, -0.2) is 28.0 Å². The van der Waals surface area contributed by atoms with Crippen LogP contribution < -0.4 is 16.4 Å². The number of aromatic nitrogens is 3. The van der Waals surface area contributed by atoms with Gasteiger partial charge in [0.15, 0.2) is 12.4 Å². The Balaban J connectivity index is 1.73. The van der Waals surface area contributed by atoms with Crippen LogP contribution in [0.15, 0.2) is 48.5 Å². The smallest absolute Gasteiger partial charge is 0.340 e. The minimum Gasteiger partial charge on any atom is -0.454 e. The zero-order valence-corrected chi connectivity index (χ0v) is 15.1. The lowest BCUT2D eigenvalue weighted by molar-refractivity contribution is 0.0463. The Morgan fingerprint density at radius 1 is 1.04 bits per heavy atom. The second-order valence-corrected chi connectivity index (χ2v) is 5.75. The molecule has 0 unspecified atom stereocenters. The molecule has 138 valence electrons. The summed E-state index contributed by atoms with van der Waals surface area (Å²) in [5.41, 5.74) is 8.76. The molecular weight excluding hydrogens is 344 g/mol. The molecule has 0 saturated carbocycles. The van der Waals surface area contributed by atoms with E-state index in [0.29, 0.717) is 17.2 Å². The van der Waals surface area contributed by atoms with Crippen molar-refractivity contribution in [1.82, 2.24) is 15.0 Å². The molecule has 0 fully saturated rings. The second-order valence-electron chi connectivity index (χ2n) is 5.75. The summed E-state index contributed by atoms with van der Waals surface area (Å²) in [5.74, 6) is 0.113. The van der Waals surface area contributed by atoms with Crippen LogP contribution in [0.5, 0.6) is 0 Å². The molecule has 0 aliphatic rings. The highest BCUT2D eigenvalue weighted by Gasteiger charge is 2.13. The number of anilines is 4. The molecule has 1 heterocycles. The van der Waals surface area contributed by atoms with Gasteiger partial charge in [0.05, 0.1) is 5.56 Å². The number of rotatable bonds is 6. The number of para-hydroxylation sites is 2. The van der Waals surface area contributed by atoms with Crippen molar-refractivity contribution in [2.75, 3.05) is 23.4 Å². The van der Waals surface area contributed by atoms with Crippen molar-refractivity contribution in [3.05, 3.63) is 65.5 Å². The number of aryl methyl sites for hydroxylation is 1. The fourth-order valence-electron chi connectivity index (χ4n) is 2.48. The molecule has 2 aromatic carbocycles. The third-order valence-electron chi connectivity index (χ3n) is 3.84. The summed E-state index contributed by atoms with van der Waals surface area (Å²) in [6, 6.07) is 14.8. The standard InChI is InChI=1S/C19H20N6O2/c1-12-7-3-5-9-14(12)22-19-24-16(23-18(20)25-19)11-27-17(26)13-8-4-6-10-15(13)21-2/h3-10,21H,11H2,1-2H3,(H3,20,22,23,24,25). The predicted molar refractivity (Wildman–Crippen MR) is 104 cm³/mol. The average Bonchev–Trinajstić information content (AvgIpc) is 2.67. The number of carbonyl (C=O) groups is 1. The Labute approximate surface area is 156 Å². The van der Waals surface area contributed by atoms with E-state index in [9.17, 15) is 4.79 Å². The molecule has 0 saturated heterocycles. The summed E-state index contributed by atoms with van der Waals surface area (Å²) >= 11 is 0. The first kappa shape index (κ1) is 18.1. The molecule has 0 bridgehead atoms. The van der Waals surface area contributed by atoms with E-state index in [2.05, 4.69) is 25.6 Å². The highest BCUT2D eigenvalue weighted by molar-refractivity contribution is 5.95. The van der Waals surface area contributed by atoms with Crippen LogP contribution in [0, 0.1) is 6.92 Å². The van der Waals surface area contributed by atoms with E-state index < -0.39 is 5.97 Å². The fraction of sp³-hybridized carbons (Fsp3) is 0.158. The van der Waals surface area contributed by atoms with Crippen LogP contribution in [0.3, 0.4) is 0 Å². The van der Waals surface area contributed by atoms with Gasteiger partial charge in [0.25, 0.3) is 0 Å². The van der Waals surface area contributed by atoms with Crippen molar-refractivity contribution in [3.63, 3.8) is 0 Å². The van der Waals surface area contributed by atoms with Gasteiger partial charge >= 0.3 is 5.97 Å². The fourth-order valence-corrected chi connectivity index (χ4v) is 2.48. The van der Waals surface area contributed by atoms with Gasteiger partial charge in [-0.1, -0.05) is 30.3 Å². The Morgan fingerprint density at radius 3 is 2.48 bits per heavy atom. The summed E-state index contributed by atoms with van der Waals surface area (Å²) in [7, 11) is 1.74. The summed E-state index contributed by atoms with van der Waals surface area (Å²) in [6.45, 7) is 1.85. The van der Waals surface area contributed by atoms with Gasteiger partial charge in [-0.05, 0) is 30.7 Å². The van der Waals surface area contributed by atoms with E-state index in [1.165, 1.54) is 0 Å². The molecule has 1 aromatic heterocycles. The molecule has 8 nitrogen and oxygen atoms in total. The Morgan fingerprint density at radius 2 is 1.74 bits per heavy atom. The molecule has 3 aromatic rings. The minimum absolute atomic E-state index is 0.0442. The molecule has 8 heteroatoms. The number of benzene rings is 2. The lowest BCUT2D eigenvalue weighted by Gasteiger charge is -2.10. The molecule has 0 aliphatic heterocycles. The first-order chi connectivity index (χ1) is 13.1. The van der Waals surface area contributed by atoms with Crippen molar-refractivity contribution in [1.29, 1.82) is 0 Å². The molecule has 0 aliphatic carbocycles. The lowest BCUT2D eigenvalue weighted by atomic mass is 10.2. The molecule has 0 spiro atoms. The van der Waals surface area contributed by atoms with Gasteiger partial charge in [0.2, 0.25) is 11.9 Å². The van der Waals surface area contributed by atoms with E-state index >= 15 is 0 Å². The number of nitrogens with one attached hydrogen (secondary N) is 2. The maximum atomic E-state index is 12.3. The summed E-state index contributed by atoms with van der Waals surface area (Å²) < 4.78 is 5.33. The number of hydrogen-bond acceptors (Lipinski definition) is 8. The quantitative estimate of drug-likeness (QED) is 0.572. The summed E-state index contributed by atoms with van der Waals surface area (Å²) in [6.07, 6.45) is 0. The largest absolute Gasteiger partial charge is 0.454 e. The van der Waals surface area contributed by atoms with E-state index in [0.717, 1.165) is 11.3 Å². The van der Waals surface area contributed by atoms with Gasteiger partial charge in [-0.25, -0.2) is 4.79 Å². The highest BCUT2D eigenvalue weighted by Crippen LogP contribution is 2.19. The Kier molecular flexibility index (Phi) is 5.46. The summed E-state index contributed by atoms with van der Waals surface area (Å²) in [5, 5.41) is 6.05. The van der Waals surface area contributed by atoms with Crippen LogP contribution in [-0.2, 0) is 11.3 Å². The molecule has 27 heavy (non-hydrogen) atoms. The number of nitrogens with zero attached hydrogens (tertiary/aromatic N) is 3. The number of esters is 1. The Bertz CT molecular complexity index is 960. The van der Waals surface area contributed by atoms with Crippen molar-refractivity contribution in [2.45, 2.75) is 13.5 Å². The number of carbonyl (C=O) groups excluding carboxylic acids is 1. The van der Waals surface area contributed by atoms with Gasteiger partial charge in [-0.2, -0.15) is 15.0 Å². The number of nitrogens with two attached hydrogens (primary N) is 1. The molecule has 0 atom stereocenters. The van der Waals surface area contributed by atoms with Crippen LogP contribution in [0.2, 0.25) is 0 Å². The number of hydrogen-bond donors (Lipinski definition) is 3. The van der Waals surface area contributed by atoms with E-state index in [1.54, 1.807) is 25.2 Å². The zero-order valence-electron chi connectivity index (χ0n) is 15.1. The van der Waals surface area contributed by atoms with Crippen molar-refractivity contribution < 1.29 is 9.53 Å². The van der Waals surface area contributed by atoms with Crippen molar-refractivity contribution in [2.24, 2.45) is 0 Å². The van der Waals surface area contributed by atoms with Crippen LogP contribution >= 0.6 is 0 Å². The monoisotopic (exact) mass is 364 g/mol. The van der Waals surface area contributed by atoms with Crippen LogP contribution in [0.4, 0.5) is 23.3 Å². The molecule has 3 rings (SSSR count). The van der Waals surface area contributed by atoms with Crippen LogP contribution in [0.25, 0.3) is 0 Å². The topological polar surface area (TPSA) is 115 Å². The van der Waals surface area contributed by atoms with Crippen LogP contribution in [0.1, 0.15) is 21.7 Å². The SMILES string of the molecule is CNc1ccccc1C(=O)OCc1nc(N)nc(Nc2ccccc2C)n1. The van der Waals surface area contributed by atoms with Gasteiger partial charge in [-0.15, -0.1) is 0 Å². The summed E-state index contributed by atoms with van der Waals surface area (Å²) in [4.78, 5) is 24.7. The second kappa shape index (κ2) is 8.13. The van der Waals surface area contributed by atoms with Gasteiger partial charge < -0.3 is 21.1 Å². The molecule has 0 radical (unpaired) electrons. The van der Waals surface area contributed by atoms with Crippen molar-refractivity contribution >= 4 is 29.2 Å².